The van der Waals surface area contributed by atoms with E-state index >= 15 is 0 Å². The van der Waals surface area contributed by atoms with Crippen molar-refractivity contribution in [3.05, 3.63) is 138 Å². The van der Waals surface area contributed by atoms with Gasteiger partial charge in [-0.05, 0) is 124 Å². The Balaban J connectivity index is 1.29. The lowest BCUT2D eigenvalue weighted by Gasteiger charge is -2.42. The molecule has 0 bridgehead atoms. The first kappa shape index (κ1) is 32.7. The van der Waals surface area contributed by atoms with Crippen LogP contribution in [0.5, 0.6) is 0 Å². The van der Waals surface area contributed by atoms with Crippen molar-refractivity contribution in [1.82, 2.24) is 0 Å². The van der Waals surface area contributed by atoms with E-state index in [2.05, 4.69) is 167 Å². The van der Waals surface area contributed by atoms with Gasteiger partial charge >= 0.3 is 6.71 Å². The summed E-state index contributed by atoms with van der Waals surface area (Å²) in [5, 5.41) is 4.72. The van der Waals surface area contributed by atoms with E-state index in [4.69, 9.17) is 8.83 Å². The van der Waals surface area contributed by atoms with Crippen LogP contribution in [0.3, 0.4) is 0 Å². The highest BCUT2D eigenvalue weighted by Gasteiger charge is 2.50. The highest BCUT2D eigenvalue weighted by molar-refractivity contribution is 7.01. The third kappa shape index (κ3) is 4.71. The Morgan fingerprint density at radius 2 is 1.07 bits per heavy atom. The van der Waals surface area contributed by atoms with Gasteiger partial charge in [-0.2, -0.15) is 0 Å². The Morgan fingerprint density at radius 3 is 1.78 bits per heavy atom. The van der Waals surface area contributed by atoms with Crippen molar-refractivity contribution in [3.8, 4) is 0 Å². The van der Waals surface area contributed by atoms with Crippen LogP contribution in [0.25, 0.3) is 32.7 Å². The molecule has 0 radical (unpaired) electrons. The van der Waals surface area contributed by atoms with Gasteiger partial charge in [-0.1, -0.05) is 108 Å². The monoisotopic (exact) mass is 716 g/mol. The largest absolute Gasteiger partial charge is 0.468 e. The first-order valence-corrected chi connectivity index (χ1v) is 20.0. The quantitative estimate of drug-likeness (QED) is 0.167. The van der Waals surface area contributed by atoms with Crippen molar-refractivity contribution in [2.24, 2.45) is 0 Å². The molecule has 6 aromatic carbocycles. The van der Waals surface area contributed by atoms with Gasteiger partial charge in [0, 0.05) is 27.6 Å². The molecule has 5 heteroatoms. The average Bonchev–Trinajstić information content (AvgIpc) is 3.75. The first-order chi connectivity index (χ1) is 26.6. The van der Waals surface area contributed by atoms with Crippen LogP contribution in [0.15, 0.2) is 124 Å². The molecular formula is C50H45BN2O2. The van der Waals surface area contributed by atoms with E-state index in [1.165, 1.54) is 73.9 Å². The number of rotatable bonds is 2. The number of nitrogens with zero attached hydrogens (tertiary/aromatic N) is 2. The van der Waals surface area contributed by atoms with Gasteiger partial charge in [0.25, 0.3) is 0 Å². The van der Waals surface area contributed by atoms with Crippen LogP contribution in [-0.4, -0.2) is 6.71 Å². The molecule has 0 N–H and O–H groups in total. The minimum Gasteiger partial charge on any atom is -0.468 e. The van der Waals surface area contributed by atoms with E-state index in [1.54, 1.807) is 0 Å². The van der Waals surface area contributed by atoms with Gasteiger partial charge in [0.2, 0.25) is 5.88 Å². The molecular weight excluding hydrogens is 671 g/mol. The van der Waals surface area contributed by atoms with Crippen molar-refractivity contribution in [3.63, 3.8) is 0 Å². The summed E-state index contributed by atoms with van der Waals surface area (Å²) in [6.07, 6.45) is 4.73. The lowest BCUT2D eigenvalue weighted by molar-refractivity contribution is 0.582. The molecule has 270 valence electrons. The van der Waals surface area contributed by atoms with Crippen LogP contribution < -0.4 is 26.4 Å². The zero-order valence-corrected chi connectivity index (χ0v) is 32.6. The van der Waals surface area contributed by atoms with Crippen LogP contribution in [0.4, 0.5) is 34.3 Å². The summed E-state index contributed by atoms with van der Waals surface area (Å²) in [6, 6.07) is 42.6. The Morgan fingerprint density at radius 1 is 0.509 bits per heavy atom. The minimum absolute atomic E-state index is 0.0929. The molecule has 1 aliphatic carbocycles. The van der Waals surface area contributed by atoms with Crippen LogP contribution in [0, 0.1) is 0 Å². The molecule has 2 aliphatic heterocycles. The second-order valence-corrected chi connectivity index (χ2v) is 18.0. The Hall–Kier alpha value is -5.68. The molecule has 3 aliphatic rings. The summed E-state index contributed by atoms with van der Waals surface area (Å²) < 4.78 is 14.3. The highest BCUT2D eigenvalue weighted by Crippen LogP contribution is 2.51. The molecule has 11 rings (SSSR count). The van der Waals surface area contributed by atoms with Crippen LogP contribution in [0.1, 0.15) is 76.6 Å². The SMILES string of the molecule is CC(C)(C)c1cc2c(cc1N1c3cccc4c3B(c3oc5ccccc5c3N4c3cc4ccccc4cc3C(C)(C)C)c3c1oc1ccccc31)CCCC2. The minimum atomic E-state index is -0.172. The fraction of sp³-hybridized carbons (Fsp3) is 0.240. The summed E-state index contributed by atoms with van der Waals surface area (Å²) in [5.41, 5.74) is 16.4. The third-order valence-electron chi connectivity index (χ3n) is 12.4. The lowest BCUT2D eigenvalue weighted by atomic mass is 9.35. The first-order valence-electron chi connectivity index (χ1n) is 20.0. The fourth-order valence-electron chi connectivity index (χ4n) is 9.90. The molecule has 55 heavy (non-hydrogen) atoms. The average molecular weight is 717 g/mol. The van der Waals surface area contributed by atoms with Crippen LogP contribution in [0.2, 0.25) is 0 Å². The van der Waals surface area contributed by atoms with E-state index in [0.717, 1.165) is 57.7 Å². The molecule has 0 atom stereocenters. The summed E-state index contributed by atoms with van der Waals surface area (Å²) in [4.78, 5) is 5.00. The van der Waals surface area contributed by atoms with Gasteiger partial charge in [0.1, 0.15) is 11.2 Å². The normalized spacial score (nSPS) is 15.1. The predicted octanol–water partition coefficient (Wildman–Crippen LogP) is 11.9. The predicted molar refractivity (Wildman–Crippen MR) is 232 cm³/mol. The van der Waals surface area contributed by atoms with Crippen molar-refractivity contribution in [2.75, 3.05) is 9.80 Å². The molecule has 0 spiro atoms. The van der Waals surface area contributed by atoms with E-state index < -0.39 is 0 Å². The number of benzene rings is 6. The van der Waals surface area contributed by atoms with Crippen molar-refractivity contribution < 1.29 is 8.83 Å². The topological polar surface area (TPSA) is 32.8 Å². The van der Waals surface area contributed by atoms with Crippen LogP contribution in [-0.2, 0) is 23.7 Å². The summed E-state index contributed by atoms with van der Waals surface area (Å²) >= 11 is 0. The number of hydrogen-bond acceptors (Lipinski definition) is 4. The maximum Gasteiger partial charge on any atom is 0.302 e. The second kappa shape index (κ2) is 11.4. The number of anilines is 6. The zero-order chi connectivity index (χ0) is 37.4. The molecule has 0 unspecified atom stereocenters. The van der Waals surface area contributed by atoms with E-state index in [9.17, 15) is 0 Å². The number of aryl methyl sites for hydroxylation is 2. The Labute approximate surface area is 323 Å². The number of fused-ring (bicyclic) bond motifs is 10. The van der Waals surface area contributed by atoms with Crippen molar-refractivity contribution in [1.29, 1.82) is 0 Å². The molecule has 0 amide bonds. The molecule has 2 aromatic heterocycles. The Kier molecular flexibility index (Phi) is 6.80. The van der Waals surface area contributed by atoms with Gasteiger partial charge in [-0.3, -0.25) is 4.90 Å². The summed E-state index contributed by atoms with van der Waals surface area (Å²) in [5.74, 6) is 0.887. The lowest BCUT2D eigenvalue weighted by Crippen LogP contribution is -2.60. The van der Waals surface area contributed by atoms with Crippen LogP contribution >= 0.6 is 0 Å². The molecule has 8 aromatic rings. The molecule has 4 heterocycles. The molecule has 0 saturated carbocycles. The summed E-state index contributed by atoms with van der Waals surface area (Å²) in [6.45, 7) is 13.9. The van der Waals surface area contributed by atoms with Gasteiger partial charge in [0.05, 0.1) is 22.7 Å². The Bertz CT molecular complexity index is 2880. The molecule has 0 saturated heterocycles. The maximum absolute atomic E-state index is 7.17. The molecule has 0 fully saturated rings. The van der Waals surface area contributed by atoms with Gasteiger partial charge < -0.3 is 13.7 Å². The molecule has 4 nitrogen and oxygen atoms in total. The second-order valence-electron chi connectivity index (χ2n) is 18.0. The fourth-order valence-corrected chi connectivity index (χ4v) is 9.90. The van der Waals surface area contributed by atoms with E-state index in [1.807, 2.05) is 0 Å². The maximum atomic E-state index is 7.17. The number of hydrogen-bond donors (Lipinski definition) is 0. The summed E-state index contributed by atoms with van der Waals surface area (Å²) in [7, 11) is 0. The van der Waals surface area contributed by atoms with Gasteiger partial charge in [-0.25, -0.2) is 0 Å². The van der Waals surface area contributed by atoms with Crippen molar-refractivity contribution >= 4 is 90.3 Å². The number of furan rings is 2. The smallest absolute Gasteiger partial charge is 0.302 e. The van der Waals surface area contributed by atoms with E-state index in [0.29, 0.717) is 0 Å². The third-order valence-corrected chi connectivity index (χ3v) is 12.4. The number of para-hydroxylation sites is 2. The zero-order valence-electron chi connectivity index (χ0n) is 32.6. The highest BCUT2D eigenvalue weighted by atomic mass is 16.4. The van der Waals surface area contributed by atoms with E-state index in [-0.39, 0.29) is 17.5 Å². The van der Waals surface area contributed by atoms with Crippen molar-refractivity contribution in [2.45, 2.75) is 78.1 Å². The van der Waals surface area contributed by atoms with Gasteiger partial charge in [-0.15, -0.1) is 0 Å². The van der Waals surface area contributed by atoms with Gasteiger partial charge in [0.15, 0.2) is 0 Å². The standard InChI is InChI=1S/C50H45BN2O2/c1-49(2,3)36-26-30-16-7-9-18-32(30)28-40(36)52-38-22-15-23-39-45(38)51(47-46(52)35-21-12-14-25-43(35)54-47)44-34-20-11-13-24-42(34)55-48(44)53(39)41-29-33-19-10-8-17-31(33)27-37(41)50(4,5)6/h7,9,11-16,18,20-29H,8,10,17,19H2,1-6H3.